The van der Waals surface area contributed by atoms with Crippen molar-refractivity contribution in [3.8, 4) is 5.69 Å². The third-order valence-electron chi connectivity index (χ3n) is 5.17. The number of aromatic nitrogens is 2. The van der Waals surface area contributed by atoms with Gasteiger partial charge in [-0.2, -0.15) is 26.3 Å². The molecule has 0 saturated carbocycles. The van der Waals surface area contributed by atoms with E-state index in [1.807, 2.05) is 13.8 Å². The van der Waals surface area contributed by atoms with Crippen molar-refractivity contribution in [2.24, 2.45) is 5.92 Å². The number of hydrogen-bond donors (Lipinski definition) is 2. The molecule has 30 heavy (non-hydrogen) atoms. The Morgan fingerprint density at radius 2 is 1.47 bits per heavy atom. The standard InChI is InChI=1S/C20H24F6N2O2/c1-5-12(4)17-27-10-15(16(29)11(2)3)28(17)14-8-6-13(7-9-14)18(30,19(21,22)23)20(24,25)26/h6-12,16,29-30H,5H2,1-4H3. The van der Waals surface area contributed by atoms with Gasteiger partial charge in [-0.05, 0) is 24.5 Å². The van der Waals surface area contributed by atoms with Crippen LogP contribution in [0.3, 0.4) is 0 Å². The fourth-order valence-electron chi connectivity index (χ4n) is 3.08. The maximum absolute atomic E-state index is 13.1. The fourth-order valence-corrected chi connectivity index (χ4v) is 3.08. The largest absolute Gasteiger partial charge is 0.430 e. The predicted molar refractivity (Wildman–Crippen MR) is 98.1 cm³/mol. The molecule has 2 atom stereocenters. The van der Waals surface area contributed by atoms with Crippen LogP contribution in [-0.4, -0.2) is 32.1 Å². The minimum absolute atomic E-state index is 0.0833. The SMILES string of the molecule is CCC(C)c1ncc(C(O)C(C)C)n1-c1ccc(C(O)(C(F)(F)F)C(F)(F)F)cc1. The summed E-state index contributed by atoms with van der Waals surface area (Å²) in [6.45, 7) is 7.30. The molecule has 0 radical (unpaired) electrons. The van der Waals surface area contributed by atoms with Crippen molar-refractivity contribution in [3.63, 3.8) is 0 Å². The molecule has 1 aromatic carbocycles. The Balaban J connectivity index is 2.64. The molecule has 2 rings (SSSR count). The number of benzene rings is 1. The maximum atomic E-state index is 13.1. The van der Waals surface area contributed by atoms with Gasteiger partial charge in [-0.1, -0.05) is 39.8 Å². The molecule has 2 N–H and O–H groups in total. The van der Waals surface area contributed by atoms with Crippen molar-refractivity contribution in [3.05, 3.63) is 47.5 Å². The highest BCUT2D eigenvalue weighted by Crippen LogP contribution is 2.50. The summed E-state index contributed by atoms with van der Waals surface area (Å²) in [5.74, 6) is 0.229. The van der Waals surface area contributed by atoms with E-state index < -0.39 is 29.6 Å². The summed E-state index contributed by atoms with van der Waals surface area (Å²) in [5.41, 5.74) is -5.74. The zero-order valence-electron chi connectivity index (χ0n) is 16.9. The van der Waals surface area contributed by atoms with E-state index in [-0.39, 0.29) is 17.5 Å². The van der Waals surface area contributed by atoms with Crippen LogP contribution in [0.5, 0.6) is 0 Å². The Morgan fingerprint density at radius 3 is 1.87 bits per heavy atom. The summed E-state index contributed by atoms with van der Waals surface area (Å²) in [4.78, 5) is 4.31. The zero-order chi connectivity index (χ0) is 23.1. The normalized spacial score (nSPS) is 15.5. The smallest absolute Gasteiger partial charge is 0.387 e. The fraction of sp³-hybridized carbons (Fsp3) is 0.550. The molecule has 1 heterocycles. The van der Waals surface area contributed by atoms with Crippen LogP contribution in [-0.2, 0) is 5.60 Å². The zero-order valence-corrected chi connectivity index (χ0v) is 16.9. The minimum atomic E-state index is -5.96. The number of rotatable bonds is 6. The van der Waals surface area contributed by atoms with Gasteiger partial charge in [0.05, 0.1) is 18.0 Å². The lowest BCUT2D eigenvalue weighted by Crippen LogP contribution is -2.53. The van der Waals surface area contributed by atoms with Crippen LogP contribution in [0.15, 0.2) is 30.5 Å². The maximum Gasteiger partial charge on any atom is 0.430 e. The van der Waals surface area contributed by atoms with E-state index in [9.17, 15) is 36.6 Å². The van der Waals surface area contributed by atoms with E-state index >= 15 is 0 Å². The second kappa shape index (κ2) is 8.22. The third kappa shape index (κ3) is 4.07. The first kappa shape index (κ1) is 24.2. The number of imidazole rings is 1. The molecule has 0 bridgehead atoms. The summed E-state index contributed by atoms with van der Waals surface area (Å²) >= 11 is 0. The Morgan fingerprint density at radius 1 is 0.967 bits per heavy atom. The third-order valence-corrected chi connectivity index (χ3v) is 5.17. The van der Waals surface area contributed by atoms with E-state index in [1.54, 1.807) is 13.8 Å². The molecule has 0 aliphatic rings. The summed E-state index contributed by atoms with van der Waals surface area (Å²) in [5, 5.41) is 20.1. The molecule has 0 amide bonds. The molecule has 168 valence electrons. The van der Waals surface area contributed by atoms with Gasteiger partial charge in [-0.3, -0.25) is 4.57 Å². The predicted octanol–water partition coefficient (Wildman–Crippen LogP) is 5.39. The number of nitrogens with zero attached hydrogens (tertiary/aromatic N) is 2. The average Bonchev–Trinajstić information content (AvgIpc) is 3.09. The number of alkyl halides is 6. The van der Waals surface area contributed by atoms with E-state index in [1.165, 1.54) is 10.8 Å². The van der Waals surface area contributed by atoms with Crippen molar-refractivity contribution in [1.82, 2.24) is 9.55 Å². The molecule has 0 fully saturated rings. The van der Waals surface area contributed by atoms with Crippen molar-refractivity contribution >= 4 is 0 Å². The van der Waals surface area contributed by atoms with Crippen LogP contribution in [0.4, 0.5) is 26.3 Å². The highest BCUT2D eigenvalue weighted by Gasteiger charge is 2.71. The van der Waals surface area contributed by atoms with Crippen molar-refractivity contribution in [2.45, 2.75) is 64.1 Å². The average molecular weight is 438 g/mol. The van der Waals surface area contributed by atoms with Gasteiger partial charge in [0.25, 0.3) is 5.60 Å². The Hall–Kier alpha value is -2.07. The van der Waals surface area contributed by atoms with Crippen LogP contribution < -0.4 is 0 Å². The van der Waals surface area contributed by atoms with Crippen molar-refractivity contribution < 1.29 is 36.6 Å². The summed E-state index contributed by atoms with van der Waals surface area (Å²) < 4.78 is 80.2. The molecule has 0 aliphatic carbocycles. The molecule has 1 aromatic heterocycles. The molecule has 10 heteroatoms. The lowest BCUT2D eigenvalue weighted by Gasteiger charge is -2.32. The van der Waals surface area contributed by atoms with Gasteiger partial charge in [-0.15, -0.1) is 0 Å². The Labute approximate surface area is 170 Å². The summed E-state index contributed by atoms with van der Waals surface area (Å²) in [6, 6.07) is 3.26. The number of hydrogen-bond acceptors (Lipinski definition) is 3. The van der Waals surface area contributed by atoms with Gasteiger partial charge in [0.2, 0.25) is 0 Å². The van der Waals surface area contributed by atoms with Crippen molar-refractivity contribution in [2.75, 3.05) is 0 Å². The molecule has 0 saturated heterocycles. The first-order valence-electron chi connectivity index (χ1n) is 9.39. The highest BCUT2D eigenvalue weighted by atomic mass is 19.4. The second-order valence-corrected chi connectivity index (χ2v) is 7.63. The quantitative estimate of drug-likeness (QED) is 0.595. The minimum Gasteiger partial charge on any atom is -0.387 e. The summed E-state index contributed by atoms with van der Waals surface area (Å²) in [7, 11) is 0. The number of halogens is 6. The van der Waals surface area contributed by atoms with E-state index in [4.69, 9.17) is 0 Å². The van der Waals surface area contributed by atoms with E-state index in [0.717, 1.165) is 12.1 Å². The van der Waals surface area contributed by atoms with Gasteiger partial charge < -0.3 is 10.2 Å². The van der Waals surface area contributed by atoms with Gasteiger partial charge in [0, 0.05) is 17.2 Å². The molecule has 0 spiro atoms. The van der Waals surface area contributed by atoms with E-state index in [0.29, 0.717) is 30.1 Å². The second-order valence-electron chi connectivity index (χ2n) is 7.63. The van der Waals surface area contributed by atoms with Crippen LogP contribution in [0, 0.1) is 5.92 Å². The number of aliphatic hydroxyl groups excluding tert-OH is 1. The Kier molecular flexibility index (Phi) is 6.63. The van der Waals surface area contributed by atoms with Crippen LogP contribution in [0.2, 0.25) is 0 Å². The van der Waals surface area contributed by atoms with Crippen LogP contribution in [0.25, 0.3) is 5.69 Å². The van der Waals surface area contributed by atoms with Gasteiger partial charge >= 0.3 is 12.4 Å². The van der Waals surface area contributed by atoms with Crippen molar-refractivity contribution in [1.29, 1.82) is 0 Å². The van der Waals surface area contributed by atoms with Gasteiger partial charge in [0.15, 0.2) is 0 Å². The summed E-state index contributed by atoms with van der Waals surface area (Å²) in [6.07, 6.45) is -10.7. The van der Waals surface area contributed by atoms with Gasteiger partial charge in [0.1, 0.15) is 5.82 Å². The molecule has 2 unspecified atom stereocenters. The topological polar surface area (TPSA) is 58.3 Å². The highest BCUT2D eigenvalue weighted by molar-refractivity contribution is 5.41. The lowest BCUT2D eigenvalue weighted by atomic mass is 9.92. The molecule has 0 aliphatic heterocycles. The number of aliphatic hydroxyl groups is 2. The van der Waals surface area contributed by atoms with E-state index in [2.05, 4.69) is 4.98 Å². The first-order valence-corrected chi connectivity index (χ1v) is 9.39. The van der Waals surface area contributed by atoms with Gasteiger partial charge in [-0.25, -0.2) is 4.98 Å². The van der Waals surface area contributed by atoms with Crippen LogP contribution >= 0.6 is 0 Å². The van der Waals surface area contributed by atoms with Crippen LogP contribution in [0.1, 0.15) is 63.2 Å². The molecular weight excluding hydrogens is 414 g/mol. The molecule has 4 nitrogen and oxygen atoms in total. The molecule has 2 aromatic rings. The molecular formula is C20H24F6N2O2. The first-order chi connectivity index (χ1) is 13.7. The monoisotopic (exact) mass is 438 g/mol. The Bertz CT molecular complexity index is 842. The lowest BCUT2D eigenvalue weighted by molar-refractivity contribution is -0.376.